The number of rotatable bonds is 3. The van der Waals surface area contributed by atoms with E-state index in [-0.39, 0.29) is 5.56 Å². The Bertz CT molecular complexity index is 967. The van der Waals surface area contributed by atoms with Crippen LogP contribution in [0.25, 0.3) is 11.6 Å². The van der Waals surface area contributed by atoms with Crippen LogP contribution in [0, 0.1) is 0 Å². The average molecular weight is 376 g/mol. The van der Waals surface area contributed by atoms with Crippen LogP contribution in [0.1, 0.15) is 16.8 Å². The van der Waals surface area contributed by atoms with Gasteiger partial charge in [0.05, 0.1) is 12.0 Å². The predicted octanol–water partition coefficient (Wildman–Crippen LogP) is 3.90. The largest absolute Gasteiger partial charge is 0.461 e. The van der Waals surface area contributed by atoms with Crippen molar-refractivity contribution >= 4 is 23.2 Å². The fourth-order valence-corrected chi connectivity index (χ4v) is 3.52. The summed E-state index contributed by atoms with van der Waals surface area (Å²) in [5, 5.41) is 1.27. The highest BCUT2D eigenvalue weighted by atomic mass is 35.5. The van der Waals surface area contributed by atoms with Crippen molar-refractivity contribution in [3.63, 3.8) is 0 Å². The summed E-state index contributed by atoms with van der Waals surface area (Å²) in [5.74, 6) is 1.01. The smallest absolute Gasteiger partial charge is 0.254 e. The van der Waals surface area contributed by atoms with E-state index in [1.54, 1.807) is 24.5 Å². The molecule has 0 unspecified atom stereocenters. The fourth-order valence-electron chi connectivity index (χ4n) is 3.05. The van der Waals surface area contributed by atoms with Crippen LogP contribution in [0.5, 0.6) is 0 Å². The molecular weight excluding hydrogens is 361 g/mol. The van der Waals surface area contributed by atoms with E-state index in [0.29, 0.717) is 41.1 Å². The molecule has 0 fully saturated rings. The van der Waals surface area contributed by atoms with Gasteiger partial charge in [0, 0.05) is 35.2 Å². The number of furan rings is 1. The van der Waals surface area contributed by atoms with Gasteiger partial charge < -0.3 is 9.40 Å². The van der Waals surface area contributed by atoms with Gasteiger partial charge in [-0.3, -0.25) is 9.69 Å². The number of aromatic amines is 1. The number of nitrogens with zero attached hydrogens (tertiary/aromatic N) is 2. The zero-order valence-corrected chi connectivity index (χ0v) is 14.8. The van der Waals surface area contributed by atoms with Crippen molar-refractivity contribution in [2.45, 2.75) is 19.5 Å². The summed E-state index contributed by atoms with van der Waals surface area (Å²) in [5.41, 5.74) is 2.44. The normalized spacial score (nSPS) is 14.5. The third-order valence-corrected chi connectivity index (χ3v) is 4.90. The van der Waals surface area contributed by atoms with Crippen LogP contribution in [0.4, 0.5) is 0 Å². The maximum atomic E-state index is 12.3. The second-order valence-electron chi connectivity index (χ2n) is 6.01. The van der Waals surface area contributed by atoms with Crippen molar-refractivity contribution in [2.75, 3.05) is 6.54 Å². The van der Waals surface area contributed by atoms with Crippen molar-refractivity contribution in [3.05, 3.63) is 73.8 Å². The van der Waals surface area contributed by atoms with Crippen LogP contribution in [-0.4, -0.2) is 21.4 Å². The number of benzene rings is 1. The van der Waals surface area contributed by atoms with Gasteiger partial charge in [-0.15, -0.1) is 0 Å². The van der Waals surface area contributed by atoms with Gasteiger partial charge >= 0.3 is 0 Å². The van der Waals surface area contributed by atoms with E-state index in [4.69, 9.17) is 27.6 Å². The maximum Gasteiger partial charge on any atom is 0.254 e. The molecular formula is C18H15Cl2N3O2. The number of aromatic nitrogens is 2. The van der Waals surface area contributed by atoms with E-state index in [9.17, 15) is 4.79 Å². The van der Waals surface area contributed by atoms with Crippen molar-refractivity contribution in [3.8, 4) is 11.6 Å². The first kappa shape index (κ1) is 16.4. The lowest BCUT2D eigenvalue weighted by atomic mass is 10.1. The van der Waals surface area contributed by atoms with Crippen LogP contribution in [0.3, 0.4) is 0 Å². The summed E-state index contributed by atoms with van der Waals surface area (Å²) in [6, 6.07) is 9.05. The summed E-state index contributed by atoms with van der Waals surface area (Å²) in [4.78, 5) is 22.0. The molecule has 0 saturated carbocycles. The average Bonchev–Trinajstić information content (AvgIpc) is 3.12. The molecule has 1 N–H and O–H groups in total. The third-order valence-electron chi connectivity index (χ3n) is 4.32. The molecule has 1 aliphatic rings. The number of fused-ring (bicyclic) bond motifs is 1. The number of H-pyrrole nitrogens is 1. The molecule has 0 amide bonds. The van der Waals surface area contributed by atoms with Gasteiger partial charge in [-0.2, -0.15) is 0 Å². The quantitative estimate of drug-likeness (QED) is 0.753. The Morgan fingerprint density at radius 1 is 1.28 bits per heavy atom. The molecule has 0 atom stereocenters. The topological polar surface area (TPSA) is 62.1 Å². The van der Waals surface area contributed by atoms with Crippen LogP contribution in [0.15, 0.2) is 45.8 Å². The first-order valence-corrected chi connectivity index (χ1v) is 8.68. The van der Waals surface area contributed by atoms with Gasteiger partial charge in [0.15, 0.2) is 11.6 Å². The van der Waals surface area contributed by atoms with Gasteiger partial charge in [0.2, 0.25) is 0 Å². The second-order valence-corrected chi connectivity index (χ2v) is 6.86. The van der Waals surface area contributed by atoms with Crippen molar-refractivity contribution < 1.29 is 4.42 Å². The van der Waals surface area contributed by atoms with Gasteiger partial charge in [0.25, 0.3) is 5.56 Å². The number of hydrogen-bond donors (Lipinski definition) is 1. The highest BCUT2D eigenvalue weighted by molar-refractivity contribution is 6.35. The Labute approximate surface area is 154 Å². The molecule has 7 heteroatoms. The molecule has 1 aromatic carbocycles. The molecule has 0 bridgehead atoms. The molecule has 0 saturated heterocycles. The molecule has 5 nitrogen and oxygen atoms in total. The summed E-state index contributed by atoms with van der Waals surface area (Å²) >= 11 is 12.2. The van der Waals surface area contributed by atoms with E-state index in [2.05, 4.69) is 14.9 Å². The van der Waals surface area contributed by atoms with E-state index < -0.39 is 0 Å². The lowest BCUT2D eigenvalue weighted by Crippen LogP contribution is -2.35. The first-order chi connectivity index (χ1) is 12.1. The molecule has 25 heavy (non-hydrogen) atoms. The minimum absolute atomic E-state index is 0.0967. The van der Waals surface area contributed by atoms with E-state index in [1.807, 2.05) is 12.1 Å². The number of halogens is 2. The van der Waals surface area contributed by atoms with E-state index in [1.165, 1.54) is 0 Å². The Kier molecular flexibility index (Phi) is 4.37. The van der Waals surface area contributed by atoms with Crippen molar-refractivity contribution in [2.24, 2.45) is 0 Å². The Balaban J connectivity index is 1.61. The minimum Gasteiger partial charge on any atom is -0.461 e. The van der Waals surface area contributed by atoms with E-state index >= 15 is 0 Å². The van der Waals surface area contributed by atoms with Gasteiger partial charge in [-0.1, -0.05) is 29.3 Å². The lowest BCUT2D eigenvalue weighted by Gasteiger charge is -2.28. The molecule has 2 aromatic heterocycles. The molecule has 0 aliphatic carbocycles. The summed E-state index contributed by atoms with van der Waals surface area (Å²) in [7, 11) is 0. The monoisotopic (exact) mass is 375 g/mol. The van der Waals surface area contributed by atoms with Crippen LogP contribution >= 0.6 is 23.2 Å². The van der Waals surface area contributed by atoms with Gasteiger partial charge in [-0.25, -0.2) is 4.98 Å². The summed E-state index contributed by atoms with van der Waals surface area (Å²) in [6.07, 6.45) is 2.21. The van der Waals surface area contributed by atoms with Crippen molar-refractivity contribution in [1.82, 2.24) is 14.9 Å². The zero-order chi connectivity index (χ0) is 17.4. The lowest BCUT2D eigenvalue weighted by molar-refractivity contribution is 0.240. The van der Waals surface area contributed by atoms with Gasteiger partial charge in [0.1, 0.15) is 0 Å². The fraction of sp³-hybridized carbons (Fsp3) is 0.222. The SMILES string of the molecule is O=c1[nH]c(-c2ccco2)nc2c1CCN(Cc1ccc(Cl)cc1Cl)C2. The molecule has 3 aromatic rings. The van der Waals surface area contributed by atoms with Crippen molar-refractivity contribution in [1.29, 1.82) is 0 Å². The molecule has 4 rings (SSSR count). The Hall–Kier alpha value is -2.08. The van der Waals surface area contributed by atoms with Gasteiger partial charge in [-0.05, 0) is 36.2 Å². The first-order valence-electron chi connectivity index (χ1n) is 7.92. The highest BCUT2D eigenvalue weighted by Crippen LogP contribution is 2.25. The zero-order valence-electron chi connectivity index (χ0n) is 13.3. The van der Waals surface area contributed by atoms with Crippen LogP contribution in [0.2, 0.25) is 10.0 Å². The highest BCUT2D eigenvalue weighted by Gasteiger charge is 2.22. The second kappa shape index (κ2) is 6.67. The summed E-state index contributed by atoms with van der Waals surface area (Å²) in [6.45, 7) is 2.04. The molecule has 0 spiro atoms. The Morgan fingerprint density at radius 2 is 2.16 bits per heavy atom. The maximum absolute atomic E-state index is 12.3. The number of nitrogens with one attached hydrogen (secondary N) is 1. The van der Waals surface area contributed by atoms with Crippen LogP contribution < -0.4 is 5.56 Å². The molecule has 3 heterocycles. The van der Waals surface area contributed by atoms with Crippen LogP contribution in [-0.2, 0) is 19.5 Å². The standard InChI is InChI=1S/C18H15Cl2N3O2/c19-12-4-3-11(14(20)8-12)9-23-6-5-13-15(10-23)21-17(22-18(13)24)16-2-1-7-25-16/h1-4,7-8H,5-6,9-10H2,(H,21,22,24). The van der Waals surface area contributed by atoms with E-state index in [0.717, 1.165) is 23.4 Å². The Morgan fingerprint density at radius 3 is 2.92 bits per heavy atom. The number of hydrogen-bond acceptors (Lipinski definition) is 4. The third kappa shape index (κ3) is 3.35. The molecule has 1 aliphatic heterocycles. The minimum atomic E-state index is -0.0967. The summed E-state index contributed by atoms with van der Waals surface area (Å²) < 4.78 is 5.34. The predicted molar refractivity (Wildman–Crippen MR) is 96.8 cm³/mol. The molecule has 0 radical (unpaired) electrons. The molecule has 128 valence electrons.